The van der Waals surface area contributed by atoms with E-state index in [2.05, 4.69) is 41.4 Å². The van der Waals surface area contributed by atoms with Gasteiger partial charge in [0.05, 0.1) is 10.7 Å². The maximum Gasteiger partial charge on any atom is 0.234 e. The van der Waals surface area contributed by atoms with E-state index in [9.17, 15) is 0 Å². The Morgan fingerprint density at radius 3 is 3.14 bits per heavy atom. The molecule has 14 heavy (non-hydrogen) atoms. The quantitative estimate of drug-likeness (QED) is 0.725. The summed E-state index contributed by atoms with van der Waals surface area (Å²) in [6, 6.07) is 0. The van der Waals surface area contributed by atoms with Crippen LogP contribution in [0.3, 0.4) is 0 Å². The molecule has 70 valence electrons. The molecule has 0 spiro atoms. The molecule has 8 heteroatoms. The molecule has 0 unspecified atom stereocenters. The van der Waals surface area contributed by atoms with Crippen LogP contribution in [-0.4, -0.2) is 30.0 Å². The van der Waals surface area contributed by atoms with Gasteiger partial charge in [-0.2, -0.15) is 14.7 Å². The molecule has 3 rings (SSSR count). The molecule has 0 bridgehead atoms. The van der Waals surface area contributed by atoms with Gasteiger partial charge < -0.3 is 0 Å². The van der Waals surface area contributed by atoms with Crippen LogP contribution in [0.15, 0.2) is 17.0 Å². The topological polar surface area (TPSA) is 71.8 Å². The van der Waals surface area contributed by atoms with Crippen LogP contribution < -0.4 is 0 Å². The Morgan fingerprint density at radius 1 is 1.50 bits per heavy atom. The molecule has 0 amide bonds. The molecular formula is C6H3BrN6S. The second-order valence-corrected chi connectivity index (χ2v) is 4.37. The highest BCUT2D eigenvalue weighted by molar-refractivity contribution is 9.10. The molecule has 3 aromatic heterocycles. The first-order chi connectivity index (χ1) is 6.84. The fourth-order valence-electron chi connectivity index (χ4n) is 1.08. The fraction of sp³-hybridized carbons (Fsp3) is 0. The van der Waals surface area contributed by atoms with Crippen LogP contribution in [0.5, 0.6) is 0 Å². The average molecular weight is 271 g/mol. The molecule has 3 heterocycles. The van der Waals surface area contributed by atoms with Gasteiger partial charge in [0.1, 0.15) is 12.0 Å². The van der Waals surface area contributed by atoms with E-state index in [0.717, 1.165) is 20.1 Å². The number of aromatic nitrogens is 6. The number of nitrogens with zero attached hydrogens (tertiary/aromatic N) is 5. The summed E-state index contributed by atoms with van der Waals surface area (Å²) in [6.07, 6.45) is 3.26. The Kier molecular flexibility index (Phi) is 1.64. The first-order valence-corrected chi connectivity index (χ1v) is 5.31. The molecule has 0 saturated carbocycles. The zero-order valence-corrected chi connectivity index (χ0v) is 9.08. The summed E-state index contributed by atoms with van der Waals surface area (Å²) in [5.74, 6) is 0. The van der Waals surface area contributed by atoms with Crippen LogP contribution in [-0.2, 0) is 0 Å². The molecule has 0 aromatic carbocycles. The second-order valence-electron chi connectivity index (χ2n) is 2.56. The molecule has 0 aliphatic carbocycles. The lowest BCUT2D eigenvalue weighted by Gasteiger charge is -1.87. The van der Waals surface area contributed by atoms with Crippen molar-refractivity contribution in [2.45, 2.75) is 0 Å². The molecule has 0 aliphatic rings. The van der Waals surface area contributed by atoms with Crippen LogP contribution in [0.1, 0.15) is 0 Å². The molecule has 0 radical (unpaired) electrons. The SMILES string of the molecule is Brc1cn[nH]c1-c1nn2cnnc2s1. The number of hydrogen-bond donors (Lipinski definition) is 1. The average Bonchev–Trinajstić information content (AvgIpc) is 2.75. The molecule has 0 atom stereocenters. The number of halogens is 1. The third kappa shape index (κ3) is 1.07. The summed E-state index contributed by atoms with van der Waals surface area (Å²) in [5, 5.41) is 19.5. The normalized spacial score (nSPS) is 11.2. The Labute approximate surface area is 90.1 Å². The van der Waals surface area contributed by atoms with Crippen molar-refractivity contribution < 1.29 is 0 Å². The van der Waals surface area contributed by atoms with Crippen molar-refractivity contribution in [2.24, 2.45) is 0 Å². The third-order valence-corrected chi connectivity index (χ3v) is 3.23. The largest absolute Gasteiger partial charge is 0.274 e. The van der Waals surface area contributed by atoms with Crippen LogP contribution in [0, 0.1) is 0 Å². The van der Waals surface area contributed by atoms with Gasteiger partial charge in [-0.3, -0.25) is 5.10 Å². The number of fused-ring (bicyclic) bond motifs is 1. The maximum atomic E-state index is 4.28. The van der Waals surface area contributed by atoms with Gasteiger partial charge >= 0.3 is 0 Å². The molecule has 0 fully saturated rings. The summed E-state index contributed by atoms with van der Waals surface area (Å²) < 4.78 is 2.52. The van der Waals surface area contributed by atoms with Crippen LogP contribution >= 0.6 is 27.3 Å². The van der Waals surface area contributed by atoms with E-state index in [4.69, 9.17) is 0 Å². The van der Waals surface area contributed by atoms with Gasteiger partial charge in [0.2, 0.25) is 4.96 Å². The van der Waals surface area contributed by atoms with Crippen molar-refractivity contribution in [1.82, 2.24) is 30.0 Å². The Bertz CT molecular complexity index is 551. The lowest BCUT2D eigenvalue weighted by Crippen LogP contribution is -1.82. The Balaban J connectivity index is 2.23. The first-order valence-electron chi connectivity index (χ1n) is 3.70. The standard InChI is InChI=1S/C6H3BrN6S/c7-3-1-8-10-4(3)5-12-13-2-9-11-6(13)14-5/h1-2H,(H,8,10). The molecule has 6 nitrogen and oxygen atoms in total. The van der Waals surface area contributed by atoms with Gasteiger partial charge in [-0.15, -0.1) is 10.2 Å². The van der Waals surface area contributed by atoms with Crippen LogP contribution in [0.25, 0.3) is 15.7 Å². The number of aromatic amines is 1. The zero-order chi connectivity index (χ0) is 9.54. The molecule has 0 saturated heterocycles. The Morgan fingerprint density at radius 2 is 2.43 bits per heavy atom. The van der Waals surface area contributed by atoms with Crippen molar-refractivity contribution in [1.29, 1.82) is 0 Å². The van der Waals surface area contributed by atoms with Crippen LogP contribution in [0.4, 0.5) is 0 Å². The number of H-pyrrole nitrogens is 1. The third-order valence-electron chi connectivity index (χ3n) is 1.69. The van der Waals surface area contributed by atoms with E-state index in [1.807, 2.05) is 0 Å². The molecule has 3 aromatic rings. The predicted octanol–water partition coefficient (Wildman–Crippen LogP) is 1.34. The van der Waals surface area contributed by atoms with Crippen molar-refractivity contribution in [3.8, 4) is 10.7 Å². The van der Waals surface area contributed by atoms with Gasteiger partial charge in [-0.25, -0.2) is 0 Å². The first kappa shape index (κ1) is 8.06. The van der Waals surface area contributed by atoms with Gasteiger partial charge in [0.25, 0.3) is 0 Å². The monoisotopic (exact) mass is 270 g/mol. The second kappa shape index (κ2) is 2.85. The number of hydrogen-bond acceptors (Lipinski definition) is 5. The van der Waals surface area contributed by atoms with E-state index in [1.165, 1.54) is 11.3 Å². The van der Waals surface area contributed by atoms with Gasteiger partial charge in [-0.05, 0) is 15.9 Å². The summed E-state index contributed by atoms with van der Waals surface area (Å²) in [5.41, 5.74) is 0.862. The zero-order valence-electron chi connectivity index (χ0n) is 6.68. The highest BCUT2D eigenvalue weighted by Gasteiger charge is 2.11. The minimum atomic E-state index is 0.765. The fourth-order valence-corrected chi connectivity index (χ4v) is 2.42. The van der Waals surface area contributed by atoms with Gasteiger partial charge in [0, 0.05) is 0 Å². The van der Waals surface area contributed by atoms with Crippen molar-refractivity contribution >= 4 is 32.2 Å². The number of nitrogens with one attached hydrogen (secondary N) is 1. The summed E-state index contributed by atoms with van der Waals surface area (Å²) >= 11 is 4.83. The predicted molar refractivity (Wildman–Crippen MR) is 53.9 cm³/mol. The smallest absolute Gasteiger partial charge is 0.234 e. The minimum absolute atomic E-state index is 0.765. The number of rotatable bonds is 1. The van der Waals surface area contributed by atoms with E-state index in [0.29, 0.717) is 0 Å². The highest BCUT2D eigenvalue weighted by Crippen LogP contribution is 2.28. The lowest BCUT2D eigenvalue weighted by atomic mass is 10.5. The molecular weight excluding hydrogens is 268 g/mol. The van der Waals surface area contributed by atoms with E-state index >= 15 is 0 Å². The van der Waals surface area contributed by atoms with Crippen molar-refractivity contribution in [3.63, 3.8) is 0 Å². The molecule has 0 aliphatic heterocycles. The summed E-state index contributed by atoms with van der Waals surface area (Å²) in [7, 11) is 0. The molecule has 1 N–H and O–H groups in total. The summed E-state index contributed by atoms with van der Waals surface area (Å²) in [4.78, 5) is 0.765. The van der Waals surface area contributed by atoms with E-state index in [1.54, 1.807) is 17.0 Å². The Hall–Kier alpha value is -1.28. The maximum absolute atomic E-state index is 4.28. The summed E-state index contributed by atoms with van der Waals surface area (Å²) in [6.45, 7) is 0. The highest BCUT2D eigenvalue weighted by atomic mass is 79.9. The van der Waals surface area contributed by atoms with E-state index in [-0.39, 0.29) is 0 Å². The lowest BCUT2D eigenvalue weighted by molar-refractivity contribution is 0.953. The minimum Gasteiger partial charge on any atom is -0.274 e. The van der Waals surface area contributed by atoms with Crippen molar-refractivity contribution in [3.05, 3.63) is 17.0 Å². The van der Waals surface area contributed by atoms with Crippen LogP contribution in [0.2, 0.25) is 0 Å². The van der Waals surface area contributed by atoms with Gasteiger partial charge in [-0.1, -0.05) is 11.3 Å². The van der Waals surface area contributed by atoms with E-state index < -0.39 is 0 Å². The van der Waals surface area contributed by atoms with Gasteiger partial charge in [0.15, 0.2) is 5.01 Å². The van der Waals surface area contributed by atoms with Crippen molar-refractivity contribution in [2.75, 3.05) is 0 Å².